The van der Waals surface area contributed by atoms with Gasteiger partial charge in [0.25, 0.3) is 0 Å². The molecule has 14 heteroatoms. The van der Waals surface area contributed by atoms with Crippen molar-refractivity contribution in [3.63, 3.8) is 0 Å². The maximum absolute atomic E-state index is 11.8. The van der Waals surface area contributed by atoms with Crippen LogP contribution in [0.15, 0.2) is 0 Å². The van der Waals surface area contributed by atoms with Gasteiger partial charge in [-0.2, -0.15) is 35.8 Å². The van der Waals surface area contributed by atoms with Crippen molar-refractivity contribution in [3.8, 4) is 23.7 Å². The van der Waals surface area contributed by atoms with Gasteiger partial charge in [-0.15, -0.1) is 0 Å². The second-order valence-corrected chi connectivity index (χ2v) is 6.66. The zero-order chi connectivity index (χ0) is 17.7. The highest BCUT2D eigenvalue weighted by Crippen LogP contribution is 2.21. The minimum atomic E-state index is -5.55. The fourth-order valence-electron chi connectivity index (χ4n) is 0.603. The summed E-state index contributed by atoms with van der Waals surface area (Å²) in [4.78, 5) is 0. The van der Waals surface area contributed by atoms with Crippen molar-refractivity contribution in [3.05, 3.63) is 0 Å². The monoisotopic (exact) mass is 372 g/mol. The Balaban J connectivity index is 4.38. The summed E-state index contributed by atoms with van der Waals surface area (Å²) in [6.07, 6.45) is 0. The molecule has 0 saturated heterocycles. The van der Waals surface area contributed by atoms with Gasteiger partial charge in [0.2, 0.25) is 0 Å². The van der Waals surface area contributed by atoms with Crippen LogP contribution in [0, 0.1) is 23.7 Å². The molecule has 0 aromatic heterocycles. The number of rotatable bonds is 4. The summed E-state index contributed by atoms with van der Waals surface area (Å²) < 4.78 is 115. The van der Waals surface area contributed by atoms with Gasteiger partial charge in [0.15, 0.2) is 0 Å². The molecule has 0 radical (unpaired) electrons. The highest BCUT2D eigenvalue weighted by molar-refractivity contribution is 7.90. The SMILES string of the molecule is O=S(=O)(NCC#CC#CCNS(=O)(=O)C(F)(F)F)C(F)(F)F. The average Bonchev–Trinajstić information content (AvgIpc) is 2.29. The van der Waals surface area contributed by atoms with Crippen LogP contribution in [-0.2, 0) is 20.0 Å². The molecule has 0 aliphatic heterocycles. The van der Waals surface area contributed by atoms with Gasteiger partial charge in [0.1, 0.15) is 0 Å². The summed E-state index contributed by atoms with van der Waals surface area (Å²) in [6, 6.07) is 0. The van der Waals surface area contributed by atoms with Crippen LogP contribution >= 0.6 is 0 Å². The smallest absolute Gasteiger partial charge is 0.203 e. The fourth-order valence-corrected chi connectivity index (χ4v) is 1.45. The third kappa shape index (κ3) is 6.52. The first-order valence-electron chi connectivity index (χ1n) is 4.78. The third-order valence-electron chi connectivity index (χ3n) is 1.55. The van der Waals surface area contributed by atoms with Crippen molar-refractivity contribution in [1.82, 2.24) is 9.44 Å². The van der Waals surface area contributed by atoms with E-state index in [-0.39, 0.29) is 0 Å². The molecule has 2 N–H and O–H groups in total. The summed E-state index contributed by atoms with van der Waals surface area (Å²) in [6.45, 7) is -1.88. The van der Waals surface area contributed by atoms with Crippen molar-refractivity contribution in [1.29, 1.82) is 0 Å². The zero-order valence-corrected chi connectivity index (χ0v) is 11.8. The molecule has 0 aromatic rings. The largest absolute Gasteiger partial charge is 0.511 e. The first kappa shape index (κ1) is 20.5. The van der Waals surface area contributed by atoms with Gasteiger partial charge in [-0.05, 0) is 11.8 Å². The van der Waals surface area contributed by atoms with E-state index < -0.39 is 44.2 Å². The predicted molar refractivity (Wildman–Crippen MR) is 61.5 cm³/mol. The van der Waals surface area contributed by atoms with Crippen LogP contribution in [0.25, 0.3) is 0 Å². The number of halogens is 6. The number of nitrogens with one attached hydrogen (secondary N) is 2. The summed E-state index contributed by atoms with van der Waals surface area (Å²) in [5, 5.41) is 0. The van der Waals surface area contributed by atoms with E-state index in [2.05, 4.69) is 0 Å². The lowest BCUT2D eigenvalue weighted by atomic mass is 10.5. The Morgan fingerprint density at radius 1 is 0.682 bits per heavy atom. The van der Waals surface area contributed by atoms with Gasteiger partial charge in [0, 0.05) is 0 Å². The Hall–Kier alpha value is -1.48. The van der Waals surface area contributed by atoms with E-state index in [1.165, 1.54) is 0 Å². The summed E-state index contributed by atoms with van der Waals surface area (Å²) in [5.41, 5.74) is -11.0. The lowest BCUT2D eigenvalue weighted by Gasteiger charge is -2.06. The van der Waals surface area contributed by atoms with E-state index in [1.54, 1.807) is 0 Å². The normalized spacial score (nSPS) is 12.8. The molecule has 0 rings (SSSR count). The van der Waals surface area contributed by atoms with Crippen molar-refractivity contribution in [2.24, 2.45) is 0 Å². The summed E-state index contributed by atoms with van der Waals surface area (Å²) in [7, 11) is -11.1. The fraction of sp³-hybridized carbons (Fsp3) is 0.500. The molecule has 0 fully saturated rings. The molecule has 0 aromatic carbocycles. The Bertz CT molecular complexity index is 651. The molecule has 0 aliphatic carbocycles. The topological polar surface area (TPSA) is 92.3 Å². The lowest BCUT2D eigenvalue weighted by Crippen LogP contribution is -2.36. The van der Waals surface area contributed by atoms with Crippen LogP contribution in [-0.4, -0.2) is 40.9 Å². The molecule has 126 valence electrons. The van der Waals surface area contributed by atoms with Crippen LogP contribution < -0.4 is 9.44 Å². The Labute approximate surface area is 121 Å². The van der Waals surface area contributed by atoms with Gasteiger partial charge >= 0.3 is 31.1 Å². The predicted octanol–water partition coefficient (Wildman–Crippen LogP) is -0.128. The highest BCUT2D eigenvalue weighted by atomic mass is 32.2. The quantitative estimate of drug-likeness (QED) is 0.531. The van der Waals surface area contributed by atoms with Crippen molar-refractivity contribution >= 4 is 20.0 Å². The molecule has 0 bridgehead atoms. The highest BCUT2D eigenvalue weighted by Gasteiger charge is 2.45. The van der Waals surface area contributed by atoms with Gasteiger partial charge in [-0.1, -0.05) is 11.8 Å². The molecule has 0 aliphatic rings. The molecule has 0 amide bonds. The van der Waals surface area contributed by atoms with E-state index >= 15 is 0 Å². The van der Waals surface area contributed by atoms with E-state index in [4.69, 9.17) is 0 Å². The summed E-state index contributed by atoms with van der Waals surface area (Å²) in [5.74, 6) is 7.28. The second-order valence-electron chi connectivity index (χ2n) is 3.14. The standard InChI is InChI=1S/C8H6F6N2O4S2/c9-7(10,11)21(17,18)15-5-3-1-2-4-6-16-22(19,20)8(12,13)14/h15-16H,5-6H2. The molecular formula is C8H6F6N2O4S2. The number of hydrogen-bond donors (Lipinski definition) is 2. The van der Waals surface area contributed by atoms with Gasteiger partial charge in [-0.25, -0.2) is 16.8 Å². The van der Waals surface area contributed by atoms with Gasteiger partial charge in [-0.3, -0.25) is 0 Å². The van der Waals surface area contributed by atoms with Crippen molar-refractivity contribution in [2.75, 3.05) is 13.1 Å². The van der Waals surface area contributed by atoms with Crippen LogP contribution in [0.3, 0.4) is 0 Å². The van der Waals surface area contributed by atoms with Crippen molar-refractivity contribution < 1.29 is 43.2 Å². The third-order valence-corrected chi connectivity index (χ3v) is 3.82. The molecule has 6 nitrogen and oxygen atoms in total. The molecule has 22 heavy (non-hydrogen) atoms. The molecule has 0 spiro atoms. The molecule has 0 saturated carbocycles. The van der Waals surface area contributed by atoms with Crippen LogP contribution in [0.2, 0.25) is 0 Å². The first-order chi connectivity index (χ1) is 9.71. The maximum Gasteiger partial charge on any atom is 0.511 e. The first-order valence-corrected chi connectivity index (χ1v) is 7.75. The van der Waals surface area contributed by atoms with Gasteiger partial charge in [0.05, 0.1) is 13.1 Å². The minimum absolute atomic E-state index is 0.940. The molecule has 0 unspecified atom stereocenters. The van der Waals surface area contributed by atoms with Crippen LogP contribution in [0.5, 0.6) is 0 Å². The average molecular weight is 372 g/mol. The molecular weight excluding hydrogens is 366 g/mol. The van der Waals surface area contributed by atoms with Crippen molar-refractivity contribution in [2.45, 2.75) is 11.0 Å². The van der Waals surface area contributed by atoms with E-state index in [0.717, 1.165) is 9.44 Å². The van der Waals surface area contributed by atoms with Crippen LogP contribution in [0.4, 0.5) is 26.3 Å². The Morgan fingerprint density at radius 2 is 0.955 bits per heavy atom. The second kappa shape index (κ2) is 7.19. The van der Waals surface area contributed by atoms with E-state index in [9.17, 15) is 43.2 Å². The van der Waals surface area contributed by atoms with Crippen LogP contribution in [0.1, 0.15) is 0 Å². The number of alkyl halides is 6. The van der Waals surface area contributed by atoms with E-state index in [1.807, 2.05) is 23.7 Å². The summed E-state index contributed by atoms with van der Waals surface area (Å²) >= 11 is 0. The Morgan fingerprint density at radius 3 is 1.18 bits per heavy atom. The lowest BCUT2D eigenvalue weighted by molar-refractivity contribution is -0.0452. The maximum atomic E-state index is 11.8. The van der Waals surface area contributed by atoms with Gasteiger partial charge < -0.3 is 0 Å². The molecule has 0 heterocycles. The number of sulfonamides is 2. The molecule has 0 atom stereocenters. The number of hydrogen-bond acceptors (Lipinski definition) is 4. The van der Waals surface area contributed by atoms with E-state index in [0.29, 0.717) is 0 Å². The minimum Gasteiger partial charge on any atom is -0.203 e. The zero-order valence-electron chi connectivity index (χ0n) is 10.1. The Kier molecular flexibility index (Phi) is 6.70.